The Bertz CT molecular complexity index is 517. The van der Waals surface area contributed by atoms with Crippen LogP contribution < -0.4 is 5.73 Å². The van der Waals surface area contributed by atoms with E-state index in [2.05, 4.69) is 5.10 Å². The molecule has 0 aliphatic carbocycles. The van der Waals surface area contributed by atoms with Crippen molar-refractivity contribution in [1.29, 1.82) is 0 Å². The second-order valence-corrected chi connectivity index (χ2v) is 4.67. The molecule has 0 bridgehead atoms. The molecule has 90 valence electrons. The Morgan fingerprint density at radius 3 is 2.71 bits per heavy atom. The van der Waals surface area contributed by atoms with Crippen molar-refractivity contribution in [2.75, 3.05) is 0 Å². The third-order valence-corrected chi connectivity index (χ3v) is 3.32. The van der Waals surface area contributed by atoms with Crippen LogP contribution >= 0.6 is 11.6 Å². The highest BCUT2D eigenvalue weighted by Crippen LogP contribution is 2.31. The fraction of sp³-hybridized carbons (Fsp3) is 0.308. The number of hydrogen-bond donors (Lipinski definition) is 1. The van der Waals surface area contributed by atoms with Gasteiger partial charge in [-0.1, -0.05) is 29.8 Å². The van der Waals surface area contributed by atoms with Gasteiger partial charge in [-0.25, -0.2) is 0 Å². The highest BCUT2D eigenvalue weighted by molar-refractivity contribution is 6.31. The molecule has 1 aromatic carbocycles. The van der Waals surface area contributed by atoms with Crippen LogP contribution in [0.3, 0.4) is 0 Å². The van der Waals surface area contributed by atoms with Crippen molar-refractivity contribution < 1.29 is 0 Å². The summed E-state index contributed by atoms with van der Waals surface area (Å²) < 4.78 is 1.86. The fourth-order valence-corrected chi connectivity index (χ4v) is 2.17. The highest BCUT2D eigenvalue weighted by atomic mass is 35.5. The maximum atomic E-state index is 6.39. The summed E-state index contributed by atoms with van der Waals surface area (Å²) in [5.74, 6) is 0. The van der Waals surface area contributed by atoms with Gasteiger partial charge in [0.1, 0.15) is 0 Å². The summed E-state index contributed by atoms with van der Waals surface area (Å²) in [5, 5.41) is 4.93. The summed E-state index contributed by atoms with van der Waals surface area (Å²) in [7, 11) is 0. The predicted octanol–water partition coefficient (Wildman–Crippen LogP) is 2.78. The molecular formula is C13H16ClN3. The molecule has 1 atom stereocenters. The molecule has 0 radical (unpaired) electrons. The van der Waals surface area contributed by atoms with Crippen molar-refractivity contribution >= 4 is 11.6 Å². The molecule has 1 unspecified atom stereocenters. The Morgan fingerprint density at radius 2 is 2.12 bits per heavy atom. The number of aryl methyl sites for hydroxylation is 1. The minimum atomic E-state index is -0.619. The van der Waals surface area contributed by atoms with Gasteiger partial charge in [-0.2, -0.15) is 5.10 Å². The van der Waals surface area contributed by atoms with Gasteiger partial charge in [0.15, 0.2) is 0 Å². The molecule has 0 aliphatic heterocycles. The van der Waals surface area contributed by atoms with Crippen molar-refractivity contribution in [1.82, 2.24) is 9.78 Å². The van der Waals surface area contributed by atoms with E-state index in [0.29, 0.717) is 5.02 Å². The molecule has 0 aliphatic rings. The van der Waals surface area contributed by atoms with Crippen LogP contribution in [0.4, 0.5) is 0 Å². The van der Waals surface area contributed by atoms with E-state index in [9.17, 15) is 0 Å². The first-order valence-corrected chi connectivity index (χ1v) is 6.00. The molecule has 0 amide bonds. The van der Waals surface area contributed by atoms with Crippen molar-refractivity contribution in [3.8, 4) is 0 Å². The topological polar surface area (TPSA) is 43.8 Å². The zero-order chi connectivity index (χ0) is 12.5. The first kappa shape index (κ1) is 12.1. The minimum Gasteiger partial charge on any atom is -0.318 e. The number of benzene rings is 1. The van der Waals surface area contributed by atoms with Crippen LogP contribution in [0.15, 0.2) is 36.7 Å². The van der Waals surface area contributed by atoms with E-state index in [-0.39, 0.29) is 0 Å². The largest absolute Gasteiger partial charge is 0.318 e. The Labute approximate surface area is 106 Å². The van der Waals surface area contributed by atoms with Crippen LogP contribution in [-0.4, -0.2) is 9.78 Å². The predicted molar refractivity (Wildman–Crippen MR) is 70.0 cm³/mol. The van der Waals surface area contributed by atoms with E-state index in [1.54, 1.807) is 6.20 Å². The van der Waals surface area contributed by atoms with Crippen LogP contribution in [0.1, 0.15) is 25.0 Å². The molecule has 1 aromatic heterocycles. The van der Waals surface area contributed by atoms with Gasteiger partial charge < -0.3 is 5.73 Å². The van der Waals surface area contributed by atoms with Crippen molar-refractivity contribution in [2.24, 2.45) is 5.73 Å². The van der Waals surface area contributed by atoms with E-state index >= 15 is 0 Å². The molecular weight excluding hydrogens is 234 g/mol. The van der Waals surface area contributed by atoms with Crippen molar-refractivity contribution in [3.05, 3.63) is 52.8 Å². The molecule has 0 spiro atoms. The zero-order valence-electron chi connectivity index (χ0n) is 10.0. The van der Waals surface area contributed by atoms with Gasteiger partial charge in [0.2, 0.25) is 0 Å². The Hall–Kier alpha value is -1.32. The average Bonchev–Trinajstić information content (AvgIpc) is 2.78. The molecule has 1 heterocycles. The summed E-state index contributed by atoms with van der Waals surface area (Å²) in [6.45, 7) is 4.82. The fourth-order valence-electron chi connectivity index (χ4n) is 1.84. The quantitative estimate of drug-likeness (QED) is 0.909. The lowest BCUT2D eigenvalue weighted by molar-refractivity contribution is 0.599. The van der Waals surface area contributed by atoms with Gasteiger partial charge >= 0.3 is 0 Å². The molecule has 3 nitrogen and oxygen atoms in total. The molecule has 17 heavy (non-hydrogen) atoms. The van der Waals surface area contributed by atoms with Gasteiger partial charge in [-0.3, -0.25) is 4.68 Å². The first-order valence-electron chi connectivity index (χ1n) is 5.62. The maximum absolute atomic E-state index is 6.39. The molecule has 0 saturated carbocycles. The molecule has 2 N–H and O–H groups in total. The summed E-state index contributed by atoms with van der Waals surface area (Å²) >= 11 is 6.19. The lowest BCUT2D eigenvalue weighted by Crippen LogP contribution is -2.34. The second-order valence-electron chi connectivity index (χ2n) is 4.27. The smallest absolute Gasteiger partial charge is 0.0682 e. The second kappa shape index (κ2) is 4.51. The lowest BCUT2D eigenvalue weighted by atomic mass is 9.88. The monoisotopic (exact) mass is 249 g/mol. The van der Waals surface area contributed by atoms with Crippen LogP contribution in [0.25, 0.3) is 0 Å². The maximum Gasteiger partial charge on any atom is 0.0682 e. The molecule has 0 fully saturated rings. The molecule has 2 aromatic rings. The van der Waals surface area contributed by atoms with Gasteiger partial charge in [0, 0.05) is 23.3 Å². The summed E-state index contributed by atoms with van der Waals surface area (Å²) in [6.07, 6.45) is 3.76. The lowest BCUT2D eigenvalue weighted by Gasteiger charge is -2.25. The number of halogens is 1. The van der Waals surface area contributed by atoms with Crippen LogP contribution in [0.5, 0.6) is 0 Å². The number of nitrogens with two attached hydrogens (primary N) is 1. The third-order valence-electron chi connectivity index (χ3n) is 2.99. The van der Waals surface area contributed by atoms with E-state index < -0.39 is 5.54 Å². The van der Waals surface area contributed by atoms with Crippen LogP contribution in [-0.2, 0) is 12.1 Å². The van der Waals surface area contributed by atoms with Crippen LogP contribution in [0, 0.1) is 0 Å². The van der Waals surface area contributed by atoms with Crippen molar-refractivity contribution in [3.63, 3.8) is 0 Å². The van der Waals surface area contributed by atoms with Gasteiger partial charge in [0.25, 0.3) is 0 Å². The number of nitrogens with zero attached hydrogens (tertiary/aromatic N) is 2. The van der Waals surface area contributed by atoms with E-state index in [0.717, 1.165) is 17.7 Å². The van der Waals surface area contributed by atoms with E-state index in [4.69, 9.17) is 17.3 Å². The molecule has 4 heteroatoms. The standard InChI is InChI=1S/C13H16ClN3/c1-3-17-9-10(8-16-17)13(2,15)11-6-4-5-7-12(11)14/h4-9H,3,15H2,1-2H3. The molecule has 0 saturated heterocycles. The number of hydrogen-bond acceptors (Lipinski definition) is 2. The van der Waals surface area contributed by atoms with Crippen molar-refractivity contribution in [2.45, 2.75) is 25.9 Å². The Balaban J connectivity index is 2.45. The number of aromatic nitrogens is 2. The SMILES string of the molecule is CCn1cc(C(C)(N)c2ccccc2Cl)cn1. The Kier molecular flexibility index (Phi) is 3.22. The summed E-state index contributed by atoms with van der Waals surface area (Å²) in [4.78, 5) is 0. The number of rotatable bonds is 3. The molecule has 2 rings (SSSR count). The average molecular weight is 250 g/mol. The summed E-state index contributed by atoms with van der Waals surface area (Å²) in [5.41, 5.74) is 7.65. The highest BCUT2D eigenvalue weighted by Gasteiger charge is 2.27. The Morgan fingerprint density at radius 1 is 1.41 bits per heavy atom. The van der Waals surface area contributed by atoms with Gasteiger partial charge in [-0.05, 0) is 25.5 Å². The van der Waals surface area contributed by atoms with Gasteiger partial charge in [-0.15, -0.1) is 0 Å². The van der Waals surface area contributed by atoms with Crippen LogP contribution in [0.2, 0.25) is 5.02 Å². The summed E-state index contributed by atoms with van der Waals surface area (Å²) in [6, 6.07) is 7.64. The third kappa shape index (κ3) is 2.21. The zero-order valence-corrected chi connectivity index (χ0v) is 10.8. The van der Waals surface area contributed by atoms with E-state index in [1.165, 1.54) is 0 Å². The normalized spacial score (nSPS) is 14.6. The minimum absolute atomic E-state index is 0.619. The first-order chi connectivity index (χ1) is 8.05. The van der Waals surface area contributed by atoms with E-state index in [1.807, 2.05) is 49.0 Å². The van der Waals surface area contributed by atoms with Gasteiger partial charge in [0.05, 0.1) is 11.7 Å².